The number of nitrogens with zero attached hydrogens (tertiary/aromatic N) is 5. The molecule has 0 unspecified atom stereocenters. The second-order valence-corrected chi connectivity index (χ2v) is 19.8. The van der Waals surface area contributed by atoms with Crippen molar-refractivity contribution in [1.29, 1.82) is 0 Å². The lowest BCUT2D eigenvalue weighted by atomic mass is 9.88. The summed E-state index contributed by atoms with van der Waals surface area (Å²) in [5, 5.41) is 4.42. The number of hydrogen-bond acceptors (Lipinski definition) is 2. The third-order valence-corrected chi connectivity index (χ3v) is 14.3. The van der Waals surface area contributed by atoms with Crippen LogP contribution < -0.4 is 9.30 Å². The molecule has 6 heteroatoms. The van der Waals surface area contributed by atoms with Crippen molar-refractivity contribution in [3.05, 3.63) is 267 Å². The highest BCUT2D eigenvalue weighted by Crippen LogP contribution is 2.44. The summed E-state index contributed by atoms with van der Waals surface area (Å²) in [6.45, 7) is 6.59. The first-order valence-corrected chi connectivity index (χ1v) is 25.1. The molecular weight excluding hydrogens is 927 g/mol. The molecule has 4 heterocycles. The molecule has 0 saturated carbocycles. The molecule has 4 aromatic heterocycles. The Bertz CT molecular complexity index is 4970. The Balaban J connectivity index is 0.934. The summed E-state index contributed by atoms with van der Waals surface area (Å²) < 4.78 is 103. The zero-order valence-corrected chi connectivity index (χ0v) is 41.6. The van der Waals surface area contributed by atoms with E-state index >= 15 is 0 Å². The Kier molecular flexibility index (Phi) is 8.38. The number of fused-ring (bicyclic) bond motifs is 7. The zero-order chi connectivity index (χ0) is 59.6. The van der Waals surface area contributed by atoms with E-state index in [1.54, 1.807) is 27.3 Å². The van der Waals surface area contributed by atoms with Crippen LogP contribution in [0.4, 0.5) is 0 Å². The molecule has 14 rings (SSSR count). The van der Waals surface area contributed by atoms with E-state index in [1.165, 1.54) is 10.8 Å². The molecule has 362 valence electrons. The summed E-state index contributed by atoms with van der Waals surface area (Å²) >= 11 is 0. The Morgan fingerprint density at radius 2 is 1.08 bits per heavy atom. The van der Waals surface area contributed by atoms with Gasteiger partial charge >= 0.3 is 0 Å². The average Bonchev–Trinajstić information content (AvgIpc) is 1.54. The largest absolute Gasteiger partial charge is 0.458 e. The predicted molar refractivity (Wildman–Crippen MR) is 312 cm³/mol. The second kappa shape index (κ2) is 18.0. The fourth-order valence-corrected chi connectivity index (χ4v) is 10.9. The van der Waals surface area contributed by atoms with E-state index in [-0.39, 0.29) is 33.4 Å². The number of ether oxygens (including phenoxy) is 1. The lowest BCUT2D eigenvalue weighted by molar-refractivity contribution is -0.571. The summed E-state index contributed by atoms with van der Waals surface area (Å²) in [4.78, 5) is 5.04. The molecular formula is C70H51N5O. The van der Waals surface area contributed by atoms with Crippen LogP contribution in [0.2, 0.25) is 0 Å². The third kappa shape index (κ3) is 7.48. The highest BCUT2D eigenvalue weighted by molar-refractivity contribution is 6.17. The van der Waals surface area contributed by atoms with Gasteiger partial charge in [0.2, 0.25) is 0 Å². The molecule has 0 N–H and O–H groups in total. The van der Waals surface area contributed by atoms with Crippen LogP contribution in [-0.4, -0.2) is 18.7 Å². The number of aromatic nitrogens is 5. The molecule has 14 aromatic rings. The lowest BCUT2D eigenvalue weighted by Crippen LogP contribution is -2.31. The SMILES string of the molecule is [2H]c1c([2H])c([2H])c(-c2cccc(-c3c([2H])c([2H])c([2H])c([2H])c3[2H])c2-[n+]2[c-]n(-c3cccc(Oc4ccc5c6c(-c7ccccc7-n7c8ccccc8c8ccccc87)cccc6n(-c6cc(C(C)(C)C)ccn6)c5c4)c3)c3ccccc32)c([2H])c1[2H]. The smallest absolute Gasteiger partial charge is 0.269 e. The number of imidazole rings is 1. The molecule has 6 nitrogen and oxygen atoms in total. The van der Waals surface area contributed by atoms with Crippen LogP contribution in [0.5, 0.6) is 11.5 Å². The Morgan fingerprint density at radius 3 is 1.80 bits per heavy atom. The van der Waals surface area contributed by atoms with E-state index in [0.717, 1.165) is 61.0 Å². The number of pyridine rings is 1. The molecule has 0 aliphatic rings. The van der Waals surface area contributed by atoms with Gasteiger partial charge in [0.25, 0.3) is 6.33 Å². The van der Waals surface area contributed by atoms with E-state index in [0.29, 0.717) is 28.2 Å². The minimum Gasteiger partial charge on any atom is -0.458 e. The van der Waals surface area contributed by atoms with E-state index in [2.05, 4.69) is 151 Å². The Morgan fingerprint density at radius 1 is 0.487 bits per heavy atom. The van der Waals surface area contributed by atoms with E-state index in [9.17, 15) is 0 Å². The molecule has 0 saturated heterocycles. The maximum Gasteiger partial charge on any atom is 0.269 e. The molecule has 0 bridgehead atoms. The van der Waals surface area contributed by atoms with Crippen LogP contribution in [0, 0.1) is 6.33 Å². The first-order valence-electron chi connectivity index (χ1n) is 30.1. The van der Waals surface area contributed by atoms with Crippen LogP contribution in [0.1, 0.15) is 40.0 Å². The minimum atomic E-state index is -0.571. The van der Waals surface area contributed by atoms with Gasteiger partial charge in [-0.15, -0.1) is 0 Å². The third-order valence-electron chi connectivity index (χ3n) is 14.3. The van der Waals surface area contributed by atoms with Crippen molar-refractivity contribution >= 4 is 54.6 Å². The van der Waals surface area contributed by atoms with Crippen molar-refractivity contribution in [2.75, 3.05) is 0 Å². The van der Waals surface area contributed by atoms with Gasteiger partial charge in [0.05, 0.1) is 63.9 Å². The number of hydrogen-bond donors (Lipinski definition) is 0. The van der Waals surface area contributed by atoms with Gasteiger partial charge in [-0.1, -0.05) is 196 Å². The standard InChI is InChI=1S/C70H51N5O/c1-70(2,3)49-41-42-71-67(43-49)75-65-38-20-32-58(57-29-12-15-35-62(57)74-60-33-13-10-27-55(60)56-28-11-14-34-61(56)74)68(65)59-40-39-52(45-66(59)75)76-51-26-18-25-50(44-51)72-46-73(64-37-17-16-36-63(64)72)69-53(47-21-6-4-7-22-47)30-19-31-54(69)48-23-8-5-9-24-48/h4-45H,1-3H3/i4D,5D,6D,7D,8D,9D,21D,22D,23D,24D. The molecule has 0 atom stereocenters. The molecule has 0 aliphatic carbocycles. The first-order chi connectivity index (χ1) is 41.5. The van der Waals surface area contributed by atoms with Crippen molar-refractivity contribution in [2.45, 2.75) is 26.2 Å². The summed E-state index contributed by atoms with van der Waals surface area (Å²) in [6.07, 6.45) is 5.35. The highest BCUT2D eigenvalue weighted by atomic mass is 16.5. The summed E-state index contributed by atoms with van der Waals surface area (Å²) in [7, 11) is 0. The van der Waals surface area contributed by atoms with Gasteiger partial charge in [0.15, 0.2) is 0 Å². The summed E-state index contributed by atoms with van der Waals surface area (Å²) in [5.74, 6) is 1.82. The minimum absolute atomic E-state index is 0.137. The van der Waals surface area contributed by atoms with Crippen molar-refractivity contribution in [3.8, 4) is 67.8 Å². The Hall–Kier alpha value is -9.78. The fourth-order valence-electron chi connectivity index (χ4n) is 10.9. The van der Waals surface area contributed by atoms with Crippen molar-refractivity contribution in [1.82, 2.24) is 18.7 Å². The zero-order valence-electron chi connectivity index (χ0n) is 51.6. The second-order valence-electron chi connectivity index (χ2n) is 19.8. The van der Waals surface area contributed by atoms with Gasteiger partial charge in [0, 0.05) is 39.4 Å². The maximum absolute atomic E-state index is 9.11. The van der Waals surface area contributed by atoms with Crippen LogP contribution in [0.3, 0.4) is 0 Å². The first kappa shape index (κ1) is 35.4. The molecule has 0 radical (unpaired) electrons. The van der Waals surface area contributed by atoms with Crippen LogP contribution in [0.15, 0.2) is 255 Å². The lowest BCUT2D eigenvalue weighted by Gasteiger charge is -2.20. The van der Waals surface area contributed by atoms with Crippen LogP contribution >= 0.6 is 0 Å². The molecule has 76 heavy (non-hydrogen) atoms. The quantitative estimate of drug-likeness (QED) is 0.107. The van der Waals surface area contributed by atoms with Gasteiger partial charge < -0.3 is 9.30 Å². The van der Waals surface area contributed by atoms with E-state index in [1.807, 2.05) is 60.8 Å². The Labute approximate surface area is 455 Å². The number of benzene rings is 10. The van der Waals surface area contributed by atoms with Crippen molar-refractivity contribution in [2.24, 2.45) is 0 Å². The molecule has 0 fully saturated rings. The molecule has 10 aromatic carbocycles. The molecule has 0 aliphatic heterocycles. The maximum atomic E-state index is 9.11. The number of rotatable bonds is 9. The van der Waals surface area contributed by atoms with Gasteiger partial charge in [0.1, 0.15) is 17.3 Å². The average molecular weight is 988 g/mol. The van der Waals surface area contributed by atoms with Gasteiger partial charge in [-0.2, -0.15) is 0 Å². The van der Waals surface area contributed by atoms with Gasteiger partial charge in [-0.3, -0.25) is 13.7 Å². The molecule has 0 spiro atoms. The topological polar surface area (TPSA) is 40.8 Å². The fraction of sp³-hybridized carbons (Fsp3) is 0.0571. The van der Waals surface area contributed by atoms with E-state index < -0.39 is 60.4 Å². The normalized spacial score (nSPS) is 13.7. The van der Waals surface area contributed by atoms with Gasteiger partial charge in [-0.25, -0.2) is 4.98 Å². The predicted octanol–water partition coefficient (Wildman–Crippen LogP) is 17.4. The van der Waals surface area contributed by atoms with Crippen molar-refractivity contribution < 1.29 is 23.0 Å². The van der Waals surface area contributed by atoms with Crippen LogP contribution in [0.25, 0.3) is 111 Å². The number of para-hydroxylation sites is 6. The van der Waals surface area contributed by atoms with Crippen LogP contribution in [-0.2, 0) is 5.41 Å². The summed E-state index contributed by atoms with van der Waals surface area (Å²) in [5.41, 5.74) is 10.2. The highest BCUT2D eigenvalue weighted by Gasteiger charge is 2.24. The van der Waals surface area contributed by atoms with Gasteiger partial charge in [-0.05, 0) is 106 Å². The van der Waals surface area contributed by atoms with Crippen molar-refractivity contribution in [3.63, 3.8) is 0 Å². The monoisotopic (exact) mass is 987 g/mol. The molecule has 0 amide bonds. The summed E-state index contributed by atoms with van der Waals surface area (Å²) in [6, 6.07) is 57.0. The van der Waals surface area contributed by atoms with E-state index in [4.69, 9.17) is 23.4 Å².